The molecule has 2 aliphatic rings. The van der Waals surface area contributed by atoms with Gasteiger partial charge < -0.3 is 33.7 Å². The van der Waals surface area contributed by atoms with E-state index in [-0.39, 0.29) is 52.6 Å². The van der Waals surface area contributed by atoms with E-state index in [2.05, 4.69) is 19.9 Å². The number of aliphatic hydroxyl groups excluding tert-OH is 1. The normalized spacial score (nSPS) is 20.8. The lowest BCUT2D eigenvalue weighted by atomic mass is 9.94. The average Bonchev–Trinajstić information content (AvgIpc) is 3.47. The van der Waals surface area contributed by atoms with Crippen molar-refractivity contribution in [1.29, 1.82) is 0 Å². The Kier molecular flexibility index (Phi) is 13.4. The van der Waals surface area contributed by atoms with Crippen LogP contribution in [0.2, 0.25) is 0 Å². The highest BCUT2D eigenvalue weighted by Crippen LogP contribution is 2.37. The number of rotatable bonds is 15. The summed E-state index contributed by atoms with van der Waals surface area (Å²) in [5.41, 5.74) is -0.576. The molecule has 6 rings (SSSR count). The van der Waals surface area contributed by atoms with Gasteiger partial charge >= 0.3 is 17.9 Å². The minimum Gasteiger partial charge on any atom is -0.463 e. The van der Waals surface area contributed by atoms with E-state index < -0.39 is 89.7 Å². The number of ether oxygens (including phenoxy) is 5. The van der Waals surface area contributed by atoms with Gasteiger partial charge in [0.25, 0.3) is 23.1 Å². The summed E-state index contributed by atoms with van der Waals surface area (Å²) >= 11 is 0. The number of nitrogens with zero attached hydrogens (tertiary/aromatic N) is 8. The van der Waals surface area contributed by atoms with E-state index in [1.807, 2.05) is 0 Å². The summed E-state index contributed by atoms with van der Waals surface area (Å²) in [7, 11) is 3.44. The number of carbonyl (C=O) groups is 5. The lowest BCUT2D eigenvalue weighted by Crippen LogP contribution is -2.68. The van der Waals surface area contributed by atoms with Gasteiger partial charge in [0.2, 0.25) is 5.95 Å². The van der Waals surface area contributed by atoms with Gasteiger partial charge in [-0.05, 0) is 31.0 Å². The van der Waals surface area contributed by atoms with E-state index in [4.69, 9.17) is 23.7 Å². The molecular weight excluding hydrogens is 816 g/mol. The van der Waals surface area contributed by atoms with Crippen molar-refractivity contribution >= 4 is 58.9 Å². The molecule has 0 aliphatic carbocycles. The number of aromatic nitrogens is 4. The molecular formula is C40H42N8O14. The van der Waals surface area contributed by atoms with Gasteiger partial charge in [0.15, 0.2) is 29.7 Å². The predicted octanol–water partition coefficient (Wildman–Crippen LogP) is 1.81. The summed E-state index contributed by atoms with van der Waals surface area (Å²) in [6, 6.07) is 10.1. The Balaban J connectivity index is 1.36. The zero-order valence-electron chi connectivity index (χ0n) is 34.3. The number of hydrogen-bond acceptors (Lipinski definition) is 18. The number of amides is 2. The van der Waals surface area contributed by atoms with E-state index in [0.29, 0.717) is 5.56 Å². The van der Waals surface area contributed by atoms with Gasteiger partial charge in [0.05, 0.1) is 40.4 Å². The van der Waals surface area contributed by atoms with Gasteiger partial charge in [-0.15, -0.1) is 0 Å². The van der Waals surface area contributed by atoms with Crippen molar-refractivity contribution in [1.82, 2.24) is 29.3 Å². The van der Waals surface area contributed by atoms with Crippen LogP contribution in [-0.2, 0) is 51.0 Å². The molecule has 1 N–H and O–H groups in total. The van der Waals surface area contributed by atoms with Crippen LogP contribution in [-0.4, -0.2) is 133 Å². The molecule has 4 aromatic rings. The fourth-order valence-corrected chi connectivity index (χ4v) is 6.90. The quantitative estimate of drug-likeness (QED) is 0.0339. The fraction of sp³-hybridized carbons (Fsp3) is 0.400. The second-order valence-electron chi connectivity index (χ2n) is 14.5. The zero-order valence-corrected chi connectivity index (χ0v) is 34.3. The third-order valence-corrected chi connectivity index (χ3v) is 9.73. The van der Waals surface area contributed by atoms with Crippen molar-refractivity contribution < 1.29 is 57.7 Å². The summed E-state index contributed by atoms with van der Waals surface area (Å²) in [5.74, 6) is -4.14. The molecule has 0 bridgehead atoms. The van der Waals surface area contributed by atoms with Crippen LogP contribution in [0, 0.1) is 10.1 Å². The van der Waals surface area contributed by atoms with E-state index >= 15 is 0 Å². The predicted molar refractivity (Wildman–Crippen MR) is 213 cm³/mol. The lowest BCUT2D eigenvalue weighted by Gasteiger charge is -2.47. The number of aliphatic hydroxyl groups is 1. The minimum atomic E-state index is -1.75. The molecule has 4 heterocycles. The van der Waals surface area contributed by atoms with Crippen molar-refractivity contribution in [3.05, 3.63) is 97.6 Å². The highest BCUT2D eigenvalue weighted by atomic mass is 16.7. The van der Waals surface area contributed by atoms with Gasteiger partial charge in [-0.1, -0.05) is 24.3 Å². The number of imide groups is 1. The van der Waals surface area contributed by atoms with Crippen molar-refractivity contribution in [2.45, 2.75) is 83.5 Å². The highest BCUT2D eigenvalue weighted by molar-refractivity contribution is 6.21. The maximum absolute atomic E-state index is 14.1. The zero-order chi connectivity index (χ0) is 45.0. The number of fused-ring (bicyclic) bond motifs is 2. The molecule has 0 unspecified atom stereocenters. The molecule has 0 radical (unpaired) electrons. The van der Waals surface area contributed by atoms with Crippen molar-refractivity contribution in [2.75, 3.05) is 20.7 Å². The highest BCUT2D eigenvalue weighted by Gasteiger charge is 2.57. The van der Waals surface area contributed by atoms with Crippen molar-refractivity contribution in [2.24, 2.45) is 4.99 Å². The number of nitro benzene ring substituents is 1. The Morgan fingerprint density at radius 2 is 1.60 bits per heavy atom. The molecule has 2 aromatic carbocycles. The average molecular weight is 859 g/mol. The monoisotopic (exact) mass is 858 g/mol. The van der Waals surface area contributed by atoms with Gasteiger partial charge in [0, 0.05) is 53.5 Å². The maximum atomic E-state index is 14.1. The second kappa shape index (κ2) is 18.7. The first-order chi connectivity index (χ1) is 29.4. The van der Waals surface area contributed by atoms with Gasteiger partial charge in [-0.25, -0.2) is 15.0 Å². The van der Waals surface area contributed by atoms with E-state index in [1.54, 1.807) is 43.3 Å². The molecule has 326 valence electrons. The van der Waals surface area contributed by atoms with Crippen LogP contribution in [0.1, 0.15) is 65.8 Å². The molecule has 1 fully saturated rings. The fourth-order valence-electron chi connectivity index (χ4n) is 6.90. The molecule has 0 spiro atoms. The van der Waals surface area contributed by atoms with E-state index in [1.165, 1.54) is 42.1 Å². The van der Waals surface area contributed by atoms with Gasteiger partial charge in [0.1, 0.15) is 24.9 Å². The summed E-state index contributed by atoms with van der Waals surface area (Å²) < 4.78 is 30.1. The van der Waals surface area contributed by atoms with E-state index in [0.717, 1.165) is 31.9 Å². The summed E-state index contributed by atoms with van der Waals surface area (Å²) in [4.78, 5) is 109. The minimum absolute atomic E-state index is 0.0104. The first kappa shape index (κ1) is 44.5. The standard InChI is InChI=1S/C40H42N8O14/c1-20(32(52)28-17-41-35-30(43-28)38(55)46(40(44-35)42-19-45(5)6)16-15-24-11-13-25(14-12-24)48(56)57)59-39-31(47-36(53)26-9-7-8-10-27(26)37(47)54)34(61-23(4)51)33(60-22(3)50)29(62-39)18-58-21(2)49/h7-14,17,19-20,29,31-34,39,52H,15-16,18H2,1-6H3/b42-19+/t20-,29+,31+,32-,33+,34+,39+/m0/s1. The van der Waals surface area contributed by atoms with Crippen LogP contribution >= 0.6 is 0 Å². The topological polar surface area (TPSA) is 274 Å². The molecule has 0 saturated carbocycles. The molecule has 2 amide bonds. The van der Waals surface area contributed by atoms with Crippen LogP contribution in [0.4, 0.5) is 11.6 Å². The maximum Gasteiger partial charge on any atom is 0.303 e. The smallest absolute Gasteiger partial charge is 0.303 e. The largest absolute Gasteiger partial charge is 0.463 e. The molecule has 22 nitrogen and oxygen atoms in total. The first-order valence-electron chi connectivity index (χ1n) is 19.1. The second-order valence-corrected chi connectivity index (χ2v) is 14.5. The Morgan fingerprint density at radius 1 is 0.968 bits per heavy atom. The van der Waals surface area contributed by atoms with Crippen molar-refractivity contribution in [3.8, 4) is 0 Å². The van der Waals surface area contributed by atoms with Crippen LogP contribution < -0.4 is 5.56 Å². The molecule has 22 heteroatoms. The van der Waals surface area contributed by atoms with Crippen molar-refractivity contribution in [3.63, 3.8) is 0 Å². The Bertz CT molecular complexity index is 2460. The number of esters is 3. The third-order valence-electron chi connectivity index (χ3n) is 9.73. The Morgan fingerprint density at radius 3 is 2.18 bits per heavy atom. The Hall–Kier alpha value is -7.04. The molecule has 7 atom stereocenters. The van der Waals surface area contributed by atoms with Crippen LogP contribution in [0.3, 0.4) is 0 Å². The summed E-state index contributed by atoms with van der Waals surface area (Å²) in [6.45, 7) is 4.09. The molecule has 62 heavy (non-hydrogen) atoms. The number of nitro groups is 1. The molecule has 2 aliphatic heterocycles. The van der Waals surface area contributed by atoms with Crippen LogP contribution in [0.5, 0.6) is 0 Å². The van der Waals surface area contributed by atoms with Crippen LogP contribution in [0.25, 0.3) is 11.2 Å². The first-order valence-corrected chi connectivity index (χ1v) is 19.1. The number of aliphatic imine (C=N–C) groups is 1. The third kappa shape index (κ3) is 9.61. The molecule has 2 aromatic heterocycles. The number of aryl methyl sites for hydroxylation is 1. The Labute approximate surface area is 352 Å². The van der Waals surface area contributed by atoms with Crippen LogP contribution in [0.15, 0.2) is 64.5 Å². The lowest BCUT2D eigenvalue weighted by molar-refractivity contribution is -0.384. The van der Waals surface area contributed by atoms with Gasteiger partial charge in [-0.2, -0.15) is 4.98 Å². The number of hydrogen-bond donors (Lipinski definition) is 1. The van der Waals surface area contributed by atoms with Gasteiger partial charge in [-0.3, -0.25) is 48.3 Å². The number of benzene rings is 2. The van der Waals surface area contributed by atoms with E-state index in [9.17, 15) is 44.0 Å². The molecule has 1 saturated heterocycles. The summed E-state index contributed by atoms with van der Waals surface area (Å²) in [6.07, 6.45) is -6.55. The number of non-ortho nitro benzene ring substituents is 1. The number of carbonyl (C=O) groups excluding carboxylic acids is 5. The summed E-state index contributed by atoms with van der Waals surface area (Å²) in [5, 5.41) is 22.9. The SMILES string of the molecule is CC(=O)OC[C@H]1O[C@@H](O[C@@H](C)[C@H](O)c2cnc3nc(/N=C/N(C)C)n(CCc4ccc([N+](=O)[O-])cc4)c(=O)c3n2)[C@H](N2C(=O)c3ccccc3C2=O)[C@@H](OC(C)=O)[C@@H]1OC(C)=O.